The second kappa shape index (κ2) is 6.59. The molecule has 0 aliphatic carbocycles. The number of hydrogen-bond donors (Lipinski definition) is 2. The molecule has 1 aromatic heterocycles. The van der Waals surface area contributed by atoms with Crippen molar-refractivity contribution in [1.29, 1.82) is 0 Å². The summed E-state index contributed by atoms with van der Waals surface area (Å²) in [4.78, 5) is 3.63. The molecule has 0 unspecified atom stereocenters. The second-order valence-corrected chi connectivity index (χ2v) is 6.15. The Hall–Kier alpha value is -3.49. The van der Waals surface area contributed by atoms with Crippen LogP contribution in [-0.4, -0.2) is 27.0 Å². The number of hydrogen-bond acceptors (Lipinski definition) is 5. The molecule has 2 N–H and O–H groups in total. The van der Waals surface area contributed by atoms with E-state index in [1.807, 2.05) is 30.3 Å². The summed E-state index contributed by atoms with van der Waals surface area (Å²) >= 11 is 0. The van der Waals surface area contributed by atoms with Crippen molar-refractivity contribution in [3.63, 3.8) is 0 Å². The van der Waals surface area contributed by atoms with Gasteiger partial charge < -0.3 is 15.2 Å². The van der Waals surface area contributed by atoms with Gasteiger partial charge in [0.05, 0.1) is 7.11 Å². The summed E-state index contributed by atoms with van der Waals surface area (Å²) in [6.45, 7) is 0. The second-order valence-electron chi connectivity index (χ2n) is 6.15. The number of nitrogens with one attached hydrogen (secondary N) is 1. The lowest BCUT2D eigenvalue weighted by Gasteiger charge is -2.24. The van der Waals surface area contributed by atoms with Crippen molar-refractivity contribution in [2.24, 2.45) is 0 Å². The molecular weight excluding hydrogens is 373 g/mol. The van der Waals surface area contributed by atoms with Crippen molar-refractivity contribution in [2.45, 2.75) is 12.2 Å². The van der Waals surface area contributed by atoms with Gasteiger partial charge in [0.1, 0.15) is 6.04 Å². The third kappa shape index (κ3) is 3.15. The van der Waals surface area contributed by atoms with Crippen molar-refractivity contribution < 1.29 is 23.0 Å². The minimum atomic E-state index is -4.67. The zero-order valence-corrected chi connectivity index (χ0v) is 14.6. The van der Waals surface area contributed by atoms with Crippen LogP contribution in [0.4, 0.5) is 19.1 Å². The Morgan fingerprint density at radius 3 is 2.57 bits per heavy atom. The van der Waals surface area contributed by atoms with E-state index in [0.29, 0.717) is 11.3 Å². The van der Waals surface area contributed by atoms with E-state index < -0.39 is 18.0 Å². The quantitative estimate of drug-likeness (QED) is 0.708. The fourth-order valence-corrected chi connectivity index (χ4v) is 3.01. The van der Waals surface area contributed by atoms with E-state index in [4.69, 9.17) is 4.74 Å². The highest BCUT2D eigenvalue weighted by molar-refractivity contribution is 5.77. The summed E-state index contributed by atoms with van der Waals surface area (Å²) in [6.07, 6.45) is -2.92. The zero-order chi connectivity index (χ0) is 19.9. The van der Waals surface area contributed by atoms with E-state index in [9.17, 15) is 18.3 Å². The molecule has 0 fully saturated rings. The van der Waals surface area contributed by atoms with E-state index >= 15 is 0 Å². The number of methoxy groups -OCH3 is 1. The number of alkyl halides is 3. The van der Waals surface area contributed by atoms with Crippen LogP contribution in [0.5, 0.6) is 11.5 Å². The van der Waals surface area contributed by atoms with E-state index in [2.05, 4.69) is 15.4 Å². The summed E-state index contributed by atoms with van der Waals surface area (Å²) in [5.74, 6) is -1.11. The van der Waals surface area contributed by atoms with Crippen LogP contribution in [-0.2, 0) is 6.18 Å². The number of anilines is 1. The van der Waals surface area contributed by atoms with Crippen molar-refractivity contribution in [3.8, 4) is 11.5 Å². The van der Waals surface area contributed by atoms with Gasteiger partial charge in [-0.05, 0) is 29.3 Å². The van der Waals surface area contributed by atoms with E-state index in [0.717, 1.165) is 5.56 Å². The predicted octanol–water partition coefficient (Wildman–Crippen LogP) is 4.07. The summed E-state index contributed by atoms with van der Waals surface area (Å²) < 4.78 is 45.8. The van der Waals surface area contributed by atoms with Crippen LogP contribution in [0, 0.1) is 0 Å². The molecule has 6 nitrogen and oxygen atoms in total. The Kier molecular flexibility index (Phi) is 4.21. The smallest absolute Gasteiger partial charge is 0.453 e. The standard InChI is InChI=1S/C19H15F3N4O2/c1-28-16-9-12(7-8-15(16)27)14-10-13(11-5-3-2-4-6-11)23-18-24-17(19(20,21)22)25-26(14)18/h2-10,14,27H,1H3,(H,23,24,25)/t14-/m0/s1. The maximum Gasteiger partial charge on any atom is 0.453 e. The number of benzene rings is 2. The highest BCUT2D eigenvalue weighted by atomic mass is 19.4. The molecule has 1 aliphatic heterocycles. The lowest BCUT2D eigenvalue weighted by molar-refractivity contribution is -0.145. The maximum absolute atomic E-state index is 13.2. The summed E-state index contributed by atoms with van der Waals surface area (Å²) in [6, 6.07) is 13.1. The zero-order valence-electron chi connectivity index (χ0n) is 14.6. The SMILES string of the molecule is COc1cc([C@@H]2C=C(c3ccccc3)Nc3nc(C(F)(F)F)nn32)ccc1O. The molecule has 0 radical (unpaired) electrons. The maximum atomic E-state index is 13.2. The summed E-state index contributed by atoms with van der Waals surface area (Å²) in [5, 5.41) is 16.4. The fraction of sp³-hybridized carbons (Fsp3) is 0.158. The molecule has 3 aromatic rings. The average molecular weight is 388 g/mol. The van der Waals surface area contributed by atoms with Gasteiger partial charge in [-0.15, -0.1) is 5.10 Å². The summed E-state index contributed by atoms with van der Waals surface area (Å²) in [7, 11) is 1.40. The average Bonchev–Trinajstić information content (AvgIpc) is 3.13. The third-order valence-electron chi connectivity index (χ3n) is 4.35. The lowest BCUT2D eigenvalue weighted by Crippen LogP contribution is -2.20. The monoisotopic (exact) mass is 388 g/mol. The summed E-state index contributed by atoms with van der Waals surface area (Å²) in [5.41, 5.74) is 1.98. The number of phenolic OH excluding ortho intramolecular Hbond substituents is 1. The molecule has 28 heavy (non-hydrogen) atoms. The van der Waals surface area contributed by atoms with Crippen molar-refractivity contribution >= 4 is 11.6 Å². The Bertz CT molecular complexity index is 1050. The van der Waals surface area contributed by atoms with Gasteiger partial charge in [-0.25, -0.2) is 4.68 Å². The van der Waals surface area contributed by atoms with Crippen LogP contribution in [0.15, 0.2) is 54.6 Å². The van der Waals surface area contributed by atoms with E-state index in [1.165, 1.54) is 17.9 Å². The van der Waals surface area contributed by atoms with Gasteiger partial charge in [0.25, 0.3) is 5.82 Å². The first-order valence-corrected chi connectivity index (χ1v) is 8.31. The molecule has 2 heterocycles. The van der Waals surface area contributed by atoms with E-state index in [1.54, 1.807) is 18.2 Å². The molecule has 1 atom stereocenters. The first-order valence-electron chi connectivity index (χ1n) is 8.31. The molecule has 9 heteroatoms. The molecule has 4 rings (SSSR count). The number of aromatic hydroxyl groups is 1. The largest absolute Gasteiger partial charge is 0.504 e. The fourth-order valence-electron chi connectivity index (χ4n) is 3.01. The van der Waals surface area contributed by atoms with Gasteiger partial charge in [0.15, 0.2) is 11.5 Å². The molecular formula is C19H15F3N4O2. The van der Waals surface area contributed by atoms with Crippen molar-refractivity contribution in [1.82, 2.24) is 14.8 Å². The Morgan fingerprint density at radius 1 is 1.14 bits per heavy atom. The highest BCUT2D eigenvalue weighted by Gasteiger charge is 2.39. The molecule has 2 aromatic carbocycles. The van der Waals surface area contributed by atoms with Crippen LogP contribution < -0.4 is 10.1 Å². The molecule has 0 amide bonds. The minimum absolute atomic E-state index is 0.0225. The predicted molar refractivity (Wildman–Crippen MR) is 95.9 cm³/mol. The number of fused-ring (bicyclic) bond motifs is 1. The topological polar surface area (TPSA) is 72.2 Å². The molecule has 0 saturated carbocycles. The lowest BCUT2D eigenvalue weighted by atomic mass is 10.0. The minimum Gasteiger partial charge on any atom is -0.504 e. The number of aromatic nitrogens is 3. The van der Waals surface area contributed by atoms with Crippen molar-refractivity contribution in [2.75, 3.05) is 12.4 Å². The number of allylic oxidation sites excluding steroid dienone is 1. The Balaban J connectivity index is 1.86. The van der Waals surface area contributed by atoms with E-state index in [-0.39, 0.29) is 17.4 Å². The number of rotatable bonds is 3. The van der Waals surface area contributed by atoms with Crippen molar-refractivity contribution in [3.05, 3.63) is 71.6 Å². The third-order valence-corrected chi connectivity index (χ3v) is 4.35. The molecule has 1 aliphatic rings. The Morgan fingerprint density at radius 2 is 1.89 bits per heavy atom. The number of halogens is 3. The number of nitrogens with zero attached hydrogens (tertiary/aromatic N) is 3. The van der Waals surface area contributed by atoms with Crippen LogP contribution in [0.25, 0.3) is 5.70 Å². The molecule has 0 bridgehead atoms. The van der Waals surface area contributed by atoms with Crippen LogP contribution >= 0.6 is 0 Å². The van der Waals surface area contributed by atoms with Crippen LogP contribution in [0.3, 0.4) is 0 Å². The molecule has 0 spiro atoms. The van der Waals surface area contributed by atoms with Gasteiger partial charge in [0, 0.05) is 5.70 Å². The van der Waals surface area contributed by atoms with Gasteiger partial charge in [-0.3, -0.25) is 0 Å². The Labute approximate surface area is 157 Å². The van der Waals surface area contributed by atoms with Gasteiger partial charge >= 0.3 is 6.18 Å². The van der Waals surface area contributed by atoms with Gasteiger partial charge in [-0.1, -0.05) is 36.4 Å². The number of ether oxygens (including phenoxy) is 1. The molecule has 0 saturated heterocycles. The van der Waals surface area contributed by atoms with Gasteiger partial charge in [0.2, 0.25) is 5.95 Å². The first kappa shape index (κ1) is 17.9. The van der Waals surface area contributed by atoms with Gasteiger partial charge in [-0.2, -0.15) is 18.2 Å². The highest BCUT2D eigenvalue weighted by Crippen LogP contribution is 2.37. The molecule has 144 valence electrons. The van der Waals surface area contributed by atoms with Crippen LogP contribution in [0.1, 0.15) is 23.0 Å². The van der Waals surface area contributed by atoms with Crippen LogP contribution in [0.2, 0.25) is 0 Å². The first-order chi connectivity index (χ1) is 13.4. The number of phenols is 1. The normalized spacial score (nSPS) is 16.1.